The van der Waals surface area contributed by atoms with Crippen LogP contribution in [0.25, 0.3) is 10.8 Å². The second-order valence-electron chi connectivity index (χ2n) is 9.23. The highest BCUT2D eigenvalue weighted by atomic mass is 16.2. The minimum atomic E-state index is 0.313. The summed E-state index contributed by atoms with van der Waals surface area (Å²) >= 11 is 0. The van der Waals surface area contributed by atoms with Crippen molar-refractivity contribution >= 4 is 16.7 Å². The van der Waals surface area contributed by atoms with Crippen LogP contribution in [0.5, 0.6) is 0 Å². The van der Waals surface area contributed by atoms with Crippen LogP contribution in [0.4, 0.5) is 0 Å². The minimum Gasteiger partial charge on any atom is -0.340 e. The fraction of sp³-hybridized carbons (Fsp3) is 0.393. The van der Waals surface area contributed by atoms with Gasteiger partial charge < -0.3 is 4.90 Å². The van der Waals surface area contributed by atoms with Crippen LogP contribution in [0.15, 0.2) is 72.8 Å². The first-order valence-electron chi connectivity index (χ1n) is 12.0. The molecule has 0 unspecified atom stereocenters. The lowest BCUT2D eigenvalue weighted by Crippen LogP contribution is -2.48. The van der Waals surface area contributed by atoms with Gasteiger partial charge in [0.25, 0.3) is 0 Å². The van der Waals surface area contributed by atoms with Gasteiger partial charge in [0.2, 0.25) is 5.91 Å². The minimum absolute atomic E-state index is 0.313. The van der Waals surface area contributed by atoms with Crippen molar-refractivity contribution in [1.82, 2.24) is 14.7 Å². The molecular formula is C28H33N3O. The van der Waals surface area contributed by atoms with Crippen molar-refractivity contribution in [2.24, 2.45) is 0 Å². The van der Waals surface area contributed by atoms with Crippen LogP contribution in [-0.2, 0) is 17.9 Å². The molecule has 0 atom stereocenters. The summed E-state index contributed by atoms with van der Waals surface area (Å²) in [5.74, 6) is 0.313. The molecule has 1 saturated heterocycles. The van der Waals surface area contributed by atoms with Gasteiger partial charge in [0.15, 0.2) is 0 Å². The highest BCUT2D eigenvalue weighted by Gasteiger charge is 2.30. The van der Waals surface area contributed by atoms with Crippen LogP contribution in [0, 0.1) is 0 Å². The van der Waals surface area contributed by atoms with Crippen LogP contribution in [0.1, 0.15) is 30.4 Å². The smallest absolute Gasteiger partial charge is 0.223 e. The van der Waals surface area contributed by atoms with Crippen LogP contribution in [0.2, 0.25) is 0 Å². The van der Waals surface area contributed by atoms with E-state index in [4.69, 9.17) is 0 Å². The molecule has 1 amide bonds. The molecule has 3 aromatic rings. The maximum atomic E-state index is 13.0. The van der Waals surface area contributed by atoms with Crippen molar-refractivity contribution in [1.29, 1.82) is 0 Å². The molecule has 1 aliphatic heterocycles. The molecule has 1 aliphatic carbocycles. The first-order chi connectivity index (χ1) is 15.8. The molecule has 4 heteroatoms. The summed E-state index contributed by atoms with van der Waals surface area (Å²) in [4.78, 5) is 20.0. The molecular weight excluding hydrogens is 394 g/mol. The molecule has 2 fully saturated rings. The van der Waals surface area contributed by atoms with E-state index >= 15 is 0 Å². The summed E-state index contributed by atoms with van der Waals surface area (Å²) in [5, 5.41) is 2.63. The quantitative estimate of drug-likeness (QED) is 0.528. The van der Waals surface area contributed by atoms with E-state index in [1.54, 1.807) is 0 Å². The lowest BCUT2D eigenvalue weighted by molar-refractivity contribution is -0.133. The van der Waals surface area contributed by atoms with Crippen molar-refractivity contribution in [3.8, 4) is 0 Å². The zero-order valence-corrected chi connectivity index (χ0v) is 18.8. The standard InChI is InChI=1S/C28H33N3O/c32-28(30-19-17-29(18-20-30)21-23-7-2-1-3-8-23)15-16-31(26-13-14-26)22-25-11-6-10-24-9-4-5-12-27(24)25/h1-12,26H,13-22H2. The van der Waals surface area contributed by atoms with Gasteiger partial charge in [-0.1, -0.05) is 72.8 Å². The van der Waals surface area contributed by atoms with E-state index in [0.29, 0.717) is 18.4 Å². The maximum Gasteiger partial charge on any atom is 0.223 e. The van der Waals surface area contributed by atoms with Gasteiger partial charge >= 0.3 is 0 Å². The fourth-order valence-corrected chi connectivity index (χ4v) is 4.87. The number of piperazine rings is 1. The summed E-state index contributed by atoms with van der Waals surface area (Å²) in [7, 11) is 0. The van der Waals surface area contributed by atoms with E-state index in [1.165, 1.54) is 34.7 Å². The number of hydrogen-bond donors (Lipinski definition) is 0. The van der Waals surface area contributed by atoms with Crippen LogP contribution in [0.3, 0.4) is 0 Å². The summed E-state index contributed by atoms with van der Waals surface area (Å²) in [6.07, 6.45) is 3.15. The molecule has 0 bridgehead atoms. The van der Waals surface area contributed by atoms with Crippen molar-refractivity contribution in [2.75, 3.05) is 32.7 Å². The van der Waals surface area contributed by atoms with Crippen LogP contribution in [-0.4, -0.2) is 59.4 Å². The van der Waals surface area contributed by atoms with Gasteiger partial charge in [-0.15, -0.1) is 0 Å². The van der Waals surface area contributed by atoms with E-state index in [1.807, 2.05) is 0 Å². The van der Waals surface area contributed by atoms with Gasteiger partial charge in [0, 0.05) is 58.3 Å². The number of hydrogen-bond acceptors (Lipinski definition) is 3. The summed E-state index contributed by atoms with van der Waals surface area (Å²) in [6.45, 7) is 6.38. The molecule has 0 aromatic heterocycles. The van der Waals surface area contributed by atoms with E-state index < -0.39 is 0 Å². The Bertz CT molecular complexity index is 1030. The van der Waals surface area contributed by atoms with E-state index in [2.05, 4.69) is 87.5 Å². The Morgan fingerprint density at radius 3 is 2.34 bits per heavy atom. The average Bonchev–Trinajstić information content (AvgIpc) is 3.68. The van der Waals surface area contributed by atoms with Crippen molar-refractivity contribution in [2.45, 2.75) is 38.4 Å². The number of carbonyl (C=O) groups is 1. The van der Waals surface area contributed by atoms with Crippen LogP contribution >= 0.6 is 0 Å². The lowest BCUT2D eigenvalue weighted by atomic mass is 10.0. The van der Waals surface area contributed by atoms with E-state index in [-0.39, 0.29) is 0 Å². The molecule has 0 spiro atoms. The third kappa shape index (κ3) is 5.20. The number of carbonyl (C=O) groups excluding carboxylic acids is 1. The Kier molecular flexibility index (Phi) is 6.51. The fourth-order valence-electron chi connectivity index (χ4n) is 4.87. The molecule has 32 heavy (non-hydrogen) atoms. The van der Waals surface area contributed by atoms with Gasteiger partial charge in [0.05, 0.1) is 0 Å². The predicted molar refractivity (Wildman–Crippen MR) is 130 cm³/mol. The first-order valence-corrected chi connectivity index (χ1v) is 12.0. The van der Waals surface area contributed by atoms with Gasteiger partial charge in [-0.2, -0.15) is 0 Å². The third-order valence-electron chi connectivity index (χ3n) is 6.90. The topological polar surface area (TPSA) is 26.8 Å². The van der Waals surface area contributed by atoms with Crippen LogP contribution < -0.4 is 0 Å². The molecule has 1 saturated carbocycles. The maximum absolute atomic E-state index is 13.0. The molecule has 5 rings (SSSR count). The highest BCUT2D eigenvalue weighted by Crippen LogP contribution is 2.30. The Morgan fingerprint density at radius 1 is 0.844 bits per heavy atom. The predicted octanol–water partition coefficient (Wildman–Crippen LogP) is 4.54. The molecule has 166 valence electrons. The first kappa shape index (κ1) is 21.2. The molecule has 3 aromatic carbocycles. The molecule has 2 aliphatic rings. The number of fused-ring (bicyclic) bond motifs is 1. The Morgan fingerprint density at radius 2 is 1.56 bits per heavy atom. The van der Waals surface area contributed by atoms with Crippen molar-refractivity contribution < 1.29 is 4.79 Å². The van der Waals surface area contributed by atoms with Gasteiger partial charge in [-0.05, 0) is 34.7 Å². The van der Waals surface area contributed by atoms with E-state index in [0.717, 1.165) is 45.8 Å². The zero-order valence-electron chi connectivity index (χ0n) is 18.8. The lowest BCUT2D eigenvalue weighted by Gasteiger charge is -2.35. The molecule has 4 nitrogen and oxygen atoms in total. The normalized spacial score (nSPS) is 17.2. The number of nitrogens with zero attached hydrogens (tertiary/aromatic N) is 3. The van der Waals surface area contributed by atoms with Gasteiger partial charge in [-0.3, -0.25) is 14.6 Å². The Balaban J connectivity index is 1.13. The summed E-state index contributed by atoms with van der Waals surface area (Å²) in [5.41, 5.74) is 2.72. The second kappa shape index (κ2) is 9.85. The zero-order chi connectivity index (χ0) is 21.8. The van der Waals surface area contributed by atoms with Crippen molar-refractivity contribution in [3.05, 3.63) is 83.9 Å². The summed E-state index contributed by atoms with van der Waals surface area (Å²) in [6, 6.07) is 26.5. The number of amides is 1. The second-order valence-corrected chi connectivity index (χ2v) is 9.23. The molecule has 0 radical (unpaired) electrons. The van der Waals surface area contributed by atoms with E-state index in [9.17, 15) is 4.79 Å². The number of rotatable bonds is 8. The highest BCUT2D eigenvalue weighted by molar-refractivity contribution is 5.85. The average molecular weight is 428 g/mol. The molecule has 1 heterocycles. The SMILES string of the molecule is O=C(CCN(Cc1cccc2ccccc12)C1CC1)N1CCN(Cc2ccccc2)CC1. The largest absolute Gasteiger partial charge is 0.340 e. The summed E-state index contributed by atoms with van der Waals surface area (Å²) < 4.78 is 0. The monoisotopic (exact) mass is 427 g/mol. The number of benzene rings is 3. The van der Waals surface area contributed by atoms with Gasteiger partial charge in [0.1, 0.15) is 0 Å². The third-order valence-corrected chi connectivity index (χ3v) is 6.90. The molecule has 0 N–H and O–H groups in total. The van der Waals surface area contributed by atoms with Crippen molar-refractivity contribution in [3.63, 3.8) is 0 Å². The Labute approximate surface area is 191 Å². The Hall–Kier alpha value is -2.69. The van der Waals surface area contributed by atoms with Gasteiger partial charge in [-0.25, -0.2) is 0 Å².